The van der Waals surface area contributed by atoms with Crippen molar-refractivity contribution in [2.24, 2.45) is 0 Å². The molecule has 0 spiro atoms. The summed E-state index contributed by atoms with van der Waals surface area (Å²) in [7, 11) is -1.92. The monoisotopic (exact) mass is 253 g/mol. The van der Waals surface area contributed by atoms with Gasteiger partial charge in [-0.3, -0.25) is 4.79 Å². The molecule has 0 aliphatic carbocycles. The zero-order chi connectivity index (χ0) is 12.8. The van der Waals surface area contributed by atoms with Gasteiger partial charge in [-0.15, -0.1) is 0 Å². The van der Waals surface area contributed by atoms with Crippen LogP contribution in [0.2, 0.25) is 0 Å². The lowest BCUT2D eigenvalue weighted by atomic mass is 10.3. The second kappa shape index (κ2) is 6.82. The van der Waals surface area contributed by atoms with E-state index in [0.717, 1.165) is 6.26 Å². The van der Waals surface area contributed by atoms with E-state index >= 15 is 0 Å². The van der Waals surface area contributed by atoms with E-state index in [2.05, 4.69) is 0 Å². The summed E-state index contributed by atoms with van der Waals surface area (Å²) in [6.07, 6.45) is 1.02. The Morgan fingerprint density at radius 1 is 1.44 bits per heavy atom. The van der Waals surface area contributed by atoms with Crippen LogP contribution in [0.15, 0.2) is 0 Å². The van der Waals surface area contributed by atoms with Crippen LogP contribution in [0.4, 0.5) is 0 Å². The number of rotatable bonds is 7. The number of methoxy groups -OCH3 is 1. The van der Waals surface area contributed by atoms with Crippen molar-refractivity contribution < 1.29 is 23.1 Å². The molecular formula is C9H19NO5S. The van der Waals surface area contributed by atoms with Crippen LogP contribution in [0.1, 0.15) is 6.92 Å². The largest absolute Gasteiger partial charge is 0.395 e. The van der Waals surface area contributed by atoms with Crippen LogP contribution >= 0.6 is 0 Å². The maximum atomic E-state index is 11.8. The molecule has 96 valence electrons. The molecule has 0 rings (SSSR count). The second-order valence-corrected chi connectivity index (χ2v) is 5.88. The minimum atomic E-state index is -3.40. The number of amides is 1. The van der Waals surface area contributed by atoms with Gasteiger partial charge >= 0.3 is 0 Å². The number of hydrogen-bond acceptors (Lipinski definition) is 5. The second-order valence-electron chi connectivity index (χ2n) is 3.51. The molecule has 0 bridgehead atoms. The van der Waals surface area contributed by atoms with Crippen molar-refractivity contribution in [2.45, 2.75) is 12.2 Å². The average Bonchev–Trinajstić information content (AvgIpc) is 2.20. The molecule has 0 saturated heterocycles. The van der Waals surface area contributed by atoms with Gasteiger partial charge in [-0.1, -0.05) is 0 Å². The molecule has 0 radical (unpaired) electrons. The minimum absolute atomic E-state index is 0.113. The topological polar surface area (TPSA) is 83.9 Å². The van der Waals surface area contributed by atoms with Gasteiger partial charge < -0.3 is 14.7 Å². The Labute approximate surface area is 96.1 Å². The molecule has 0 aromatic rings. The zero-order valence-corrected chi connectivity index (χ0v) is 10.7. The molecule has 6 nitrogen and oxygen atoms in total. The summed E-state index contributed by atoms with van der Waals surface area (Å²) in [6, 6.07) is 0. The Morgan fingerprint density at radius 2 is 2.00 bits per heavy atom. The quantitative estimate of drug-likeness (QED) is 0.622. The molecule has 0 aromatic carbocycles. The van der Waals surface area contributed by atoms with E-state index in [1.54, 1.807) is 0 Å². The van der Waals surface area contributed by atoms with E-state index in [1.165, 1.54) is 18.9 Å². The van der Waals surface area contributed by atoms with Gasteiger partial charge in [0.05, 0.1) is 13.2 Å². The lowest BCUT2D eigenvalue weighted by Gasteiger charge is -2.24. The fourth-order valence-electron chi connectivity index (χ4n) is 1.09. The molecular weight excluding hydrogens is 234 g/mol. The van der Waals surface area contributed by atoms with Crippen LogP contribution < -0.4 is 0 Å². The Kier molecular flexibility index (Phi) is 6.54. The number of nitrogens with zero attached hydrogens (tertiary/aromatic N) is 1. The predicted octanol–water partition coefficient (Wildman–Crippen LogP) is -1.11. The maximum absolute atomic E-state index is 11.8. The van der Waals surface area contributed by atoms with Crippen LogP contribution in [0.5, 0.6) is 0 Å². The molecule has 0 heterocycles. The first kappa shape index (κ1) is 15.3. The van der Waals surface area contributed by atoms with E-state index in [4.69, 9.17) is 9.84 Å². The molecule has 7 heteroatoms. The number of aliphatic hydroxyl groups is 1. The Bertz CT molecular complexity index is 314. The normalized spacial score (nSPS) is 13.5. The van der Waals surface area contributed by atoms with Gasteiger partial charge in [0.25, 0.3) is 0 Å². The summed E-state index contributed by atoms with van der Waals surface area (Å²) >= 11 is 0. The van der Waals surface area contributed by atoms with E-state index in [0.29, 0.717) is 6.61 Å². The van der Waals surface area contributed by atoms with Crippen molar-refractivity contribution in [1.82, 2.24) is 4.90 Å². The number of hydrogen-bond donors (Lipinski definition) is 1. The highest BCUT2D eigenvalue weighted by atomic mass is 32.2. The number of ether oxygens (including phenoxy) is 1. The third-order valence-electron chi connectivity index (χ3n) is 2.24. The molecule has 16 heavy (non-hydrogen) atoms. The molecule has 0 aliphatic rings. The molecule has 0 fully saturated rings. The van der Waals surface area contributed by atoms with Crippen molar-refractivity contribution >= 4 is 15.7 Å². The first-order valence-electron chi connectivity index (χ1n) is 4.92. The van der Waals surface area contributed by atoms with E-state index < -0.39 is 21.0 Å². The summed E-state index contributed by atoms with van der Waals surface area (Å²) in [5.41, 5.74) is 0. The molecule has 1 amide bonds. The van der Waals surface area contributed by atoms with Crippen LogP contribution in [-0.2, 0) is 19.4 Å². The number of carbonyl (C=O) groups excluding carboxylic acids is 1. The number of sulfone groups is 1. The van der Waals surface area contributed by atoms with Crippen LogP contribution in [-0.4, -0.2) is 69.3 Å². The summed E-state index contributed by atoms with van der Waals surface area (Å²) in [5, 5.41) is 7.70. The van der Waals surface area contributed by atoms with E-state index in [-0.39, 0.29) is 19.7 Å². The van der Waals surface area contributed by atoms with Gasteiger partial charge in [0.15, 0.2) is 9.84 Å². The number of carbonyl (C=O) groups is 1. The van der Waals surface area contributed by atoms with Gasteiger partial charge in [-0.05, 0) is 6.92 Å². The van der Waals surface area contributed by atoms with Gasteiger partial charge in [0.1, 0.15) is 5.25 Å². The summed E-state index contributed by atoms with van der Waals surface area (Å²) in [4.78, 5) is 13.1. The smallest absolute Gasteiger partial charge is 0.240 e. The van der Waals surface area contributed by atoms with Gasteiger partial charge in [0.2, 0.25) is 5.91 Å². The van der Waals surface area contributed by atoms with Crippen molar-refractivity contribution in [3.63, 3.8) is 0 Å². The SMILES string of the molecule is COCCN(CCO)C(=O)C(C)S(C)(=O)=O. The van der Waals surface area contributed by atoms with E-state index in [9.17, 15) is 13.2 Å². The third-order valence-corrected chi connectivity index (χ3v) is 3.72. The van der Waals surface area contributed by atoms with Crippen molar-refractivity contribution in [1.29, 1.82) is 0 Å². The Balaban J connectivity index is 4.60. The standard InChI is InChI=1S/C9H19NO5S/c1-8(16(3,13)14)9(12)10(4-6-11)5-7-15-2/h8,11H,4-7H2,1-3H3. The lowest BCUT2D eigenvalue weighted by Crippen LogP contribution is -2.44. The highest BCUT2D eigenvalue weighted by Crippen LogP contribution is 2.04. The summed E-state index contributed by atoms with van der Waals surface area (Å²) in [5.74, 6) is -0.506. The molecule has 0 aromatic heterocycles. The molecule has 0 aliphatic heterocycles. The predicted molar refractivity (Wildman–Crippen MR) is 59.8 cm³/mol. The zero-order valence-electron chi connectivity index (χ0n) is 9.84. The lowest BCUT2D eigenvalue weighted by molar-refractivity contribution is -0.131. The highest BCUT2D eigenvalue weighted by Gasteiger charge is 2.27. The van der Waals surface area contributed by atoms with Crippen LogP contribution in [0, 0.1) is 0 Å². The first-order chi connectivity index (χ1) is 7.34. The highest BCUT2D eigenvalue weighted by molar-refractivity contribution is 7.92. The van der Waals surface area contributed by atoms with Crippen molar-refractivity contribution in [2.75, 3.05) is 39.7 Å². The first-order valence-corrected chi connectivity index (χ1v) is 6.87. The average molecular weight is 253 g/mol. The molecule has 1 atom stereocenters. The molecule has 1 N–H and O–H groups in total. The van der Waals surface area contributed by atoms with Crippen LogP contribution in [0.3, 0.4) is 0 Å². The third kappa shape index (κ3) is 4.91. The fraction of sp³-hybridized carbons (Fsp3) is 0.889. The van der Waals surface area contributed by atoms with Gasteiger partial charge in [0, 0.05) is 26.5 Å². The Hall–Kier alpha value is -0.660. The summed E-state index contributed by atoms with van der Waals surface area (Å²) in [6.45, 7) is 1.83. The van der Waals surface area contributed by atoms with Crippen molar-refractivity contribution in [3.8, 4) is 0 Å². The summed E-state index contributed by atoms with van der Waals surface area (Å²) < 4.78 is 27.2. The number of aliphatic hydroxyl groups excluding tert-OH is 1. The van der Waals surface area contributed by atoms with E-state index in [1.807, 2.05) is 0 Å². The van der Waals surface area contributed by atoms with Gasteiger partial charge in [-0.2, -0.15) is 0 Å². The Morgan fingerprint density at radius 3 is 2.38 bits per heavy atom. The van der Waals surface area contributed by atoms with Crippen LogP contribution in [0.25, 0.3) is 0 Å². The minimum Gasteiger partial charge on any atom is -0.395 e. The molecule has 0 saturated carbocycles. The van der Waals surface area contributed by atoms with Gasteiger partial charge in [-0.25, -0.2) is 8.42 Å². The molecule has 1 unspecified atom stereocenters. The van der Waals surface area contributed by atoms with Crippen molar-refractivity contribution in [3.05, 3.63) is 0 Å². The fourth-order valence-corrected chi connectivity index (χ4v) is 1.61. The maximum Gasteiger partial charge on any atom is 0.240 e.